The van der Waals surface area contributed by atoms with E-state index in [2.05, 4.69) is 4.98 Å². The molecule has 60 valence electrons. The Morgan fingerprint density at radius 3 is 2.82 bits per heavy atom. The molecular weight excluding hydrogens is 166 g/mol. The molecule has 0 bridgehead atoms. The second-order valence-corrected chi connectivity index (χ2v) is 2.66. The number of hydrogen-bond acceptors (Lipinski definition) is 3. The smallest absolute Gasteiger partial charge is 0.302 e. The fourth-order valence-electron chi connectivity index (χ4n) is 0.628. The van der Waals surface area contributed by atoms with Gasteiger partial charge in [0.25, 0.3) is 0 Å². The van der Waals surface area contributed by atoms with Crippen LogP contribution in [0.5, 0.6) is 0 Å². The number of aromatic nitrogens is 2. The first-order valence-electron chi connectivity index (χ1n) is 3.04. The van der Waals surface area contributed by atoms with E-state index in [1.54, 1.807) is 26.4 Å². The van der Waals surface area contributed by atoms with E-state index in [1.807, 2.05) is 0 Å². The van der Waals surface area contributed by atoms with Crippen LogP contribution in [0.15, 0.2) is 17.1 Å². The van der Waals surface area contributed by atoms with E-state index in [4.69, 9.17) is 11.8 Å². The molecule has 0 saturated carbocycles. The van der Waals surface area contributed by atoms with Gasteiger partial charge in [-0.1, -0.05) is 0 Å². The monoisotopic (exact) mass is 173 g/mol. The fraction of sp³-hybridized carbons (Fsp3) is 0.333. The third kappa shape index (κ3) is 1.71. The molecular formula is C6H8ClN3O. The maximum absolute atomic E-state index is 10.9. The lowest BCUT2D eigenvalue weighted by Crippen LogP contribution is -2.21. The maximum atomic E-state index is 10.9. The van der Waals surface area contributed by atoms with Crippen molar-refractivity contribution in [3.8, 4) is 0 Å². The summed E-state index contributed by atoms with van der Waals surface area (Å²) in [6, 6.07) is 1.66. The number of aryl methyl sites for hydroxylation is 1. The lowest BCUT2D eigenvalue weighted by Gasteiger charge is -2.06. The van der Waals surface area contributed by atoms with Crippen molar-refractivity contribution in [2.24, 2.45) is 7.05 Å². The van der Waals surface area contributed by atoms with Gasteiger partial charge >= 0.3 is 5.69 Å². The number of hydrogen-bond donors (Lipinski definition) is 0. The molecule has 5 heteroatoms. The van der Waals surface area contributed by atoms with Gasteiger partial charge in [0.2, 0.25) is 0 Å². The molecule has 0 atom stereocenters. The van der Waals surface area contributed by atoms with Crippen molar-refractivity contribution in [1.82, 2.24) is 9.55 Å². The molecule has 0 aliphatic rings. The molecule has 0 saturated heterocycles. The van der Waals surface area contributed by atoms with Crippen LogP contribution in [0.25, 0.3) is 0 Å². The van der Waals surface area contributed by atoms with Gasteiger partial charge in [0.15, 0.2) is 0 Å². The Kier molecular flexibility index (Phi) is 2.14. The molecule has 11 heavy (non-hydrogen) atoms. The molecule has 1 rings (SSSR count). The summed E-state index contributed by atoms with van der Waals surface area (Å²) in [7, 11) is 3.25. The number of halogens is 1. The van der Waals surface area contributed by atoms with E-state index in [9.17, 15) is 4.79 Å². The van der Waals surface area contributed by atoms with Gasteiger partial charge in [-0.15, -0.1) is 0 Å². The average molecular weight is 174 g/mol. The number of anilines is 1. The third-order valence-electron chi connectivity index (χ3n) is 1.27. The van der Waals surface area contributed by atoms with Crippen LogP contribution < -0.4 is 10.1 Å². The van der Waals surface area contributed by atoms with Gasteiger partial charge in [0, 0.05) is 32.1 Å². The largest absolute Gasteiger partial charge is 0.349 e. The van der Waals surface area contributed by atoms with Crippen LogP contribution in [0.1, 0.15) is 0 Å². The summed E-state index contributed by atoms with van der Waals surface area (Å²) in [6.45, 7) is 0. The molecule has 4 nitrogen and oxygen atoms in total. The molecule has 0 fully saturated rings. The minimum absolute atomic E-state index is 0.310. The van der Waals surface area contributed by atoms with E-state index < -0.39 is 0 Å². The Balaban J connectivity index is 3.16. The summed E-state index contributed by atoms with van der Waals surface area (Å²) in [5.41, 5.74) is -0.310. The Hall–Kier alpha value is -1.03. The maximum Gasteiger partial charge on any atom is 0.349 e. The third-order valence-corrected chi connectivity index (χ3v) is 1.45. The normalized spacial score (nSPS) is 9.73. The highest BCUT2D eigenvalue weighted by Crippen LogP contribution is 2.05. The van der Waals surface area contributed by atoms with E-state index in [0.29, 0.717) is 5.82 Å². The molecule has 0 N–H and O–H groups in total. The van der Waals surface area contributed by atoms with Gasteiger partial charge in [-0.2, -0.15) is 4.98 Å². The summed E-state index contributed by atoms with van der Waals surface area (Å²) in [4.78, 5) is 14.6. The highest BCUT2D eigenvalue weighted by molar-refractivity contribution is 6.24. The van der Waals surface area contributed by atoms with Crippen LogP contribution in [-0.4, -0.2) is 16.6 Å². The molecule has 0 amide bonds. The first kappa shape index (κ1) is 8.07. The summed E-state index contributed by atoms with van der Waals surface area (Å²) in [5, 5.41) is 0. The average Bonchev–Trinajstić information content (AvgIpc) is 1.94. The Bertz CT molecular complexity index is 307. The van der Waals surface area contributed by atoms with E-state index in [-0.39, 0.29) is 5.69 Å². The minimum atomic E-state index is -0.310. The molecule has 0 aliphatic heterocycles. The van der Waals surface area contributed by atoms with E-state index in [0.717, 1.165) is 0 Å². The van der Waals surface area contributed by atoms with Crippen LogP contribution in [0.3, 0.4) is 0 Å². The van der Waals surface area contributed by atoms with Gasteiger partial charge in [-0.25, -0.2) is 4.79 Å². The Morgan fingerprint density at radius 1 is 1.73 bits per heavy atom. The zero-order valence-corrected chi connectivity index (χ0v) is 7.04. The summed E-state index contributed by atoms with van der Waals surface area (Å²) in [6.07, 6.45) is 1.61. The molecule has 1 aromatic heterocycles. The number of nitrogens with zero attached hydrogens (tertiary/aromatic N) is 3. The summed E-state index contributed by atoms with van der Waals surface area (Å²) >= 11 is 5.55. The fourth-order valence-corrected chi connectivity index (χ4v) is 0.722. The van der Waals surface area contributed by atoms with E-state index >= 15 is 0 Å². The molecule has 0 spiro atoms. The molecule has 1 heterocycles. The second kappa shape index (κ2) is 2.92. The van der Waals surface area contributed by atoms with Gasteiger partial charge in [0.1, 0.15) is 5.82 Å². The molecule has 0 radical (unpaired) electrons. The summed E-state index contributed by atoms with van der Waals surface area (Å²) < 4.78 is 2.64. The van der Waals surface area contributed by atoms with Gasteiger partial charge in [-0.3, -0.25) is 4.42 Å². The minimum Gasteiger partial charge on any atom is -0.302 e. The topological polar surface area (TPSA) is 38.1 Å². The van der Waals surface area contributed by atoms with Crippen LogP contribution in [0.2, 0.25) is 0 Å². The predicted molar refractivity (Wildman–Crippen MR) is 43.7 cm³/mol. The van der Waals surface area contributed by atoms with Crippen LogP contribution in [0.4, 0.5) is 5.82 Å². The predicted octanol–water partition coefficient (Wildman–Crippen LogP) is 0.370. The highest BCUT2D eigenvalue weighted by Gasteiger charge is 1.98. The summed E-state index contributed by atoms with van der Waals surface area (Å²) in [5.74, 6) is 0.453. The SMILES string of the molecule is CN(Cl)c1ccn(C)c(=O)n1. The Morgan fingerprint density at radius 2 is 2.36 bits per heavy atom. The van der Waals surface area contributed by atoms with Crippen molar-refractivity contribution >= 4 is 17.6 Å². The van der Waals surface area contributed by atoms with Gasteiger partial charge < -0.3 is 4.57 Å². The molecule has 0 aromatic carbocycles. The van der Waals surface area contributed by atoms with Crippen LogP contribution in [-0.2, 0) is 7.05 Å². The standard InChI is InChI=1S/C6H8ClN3O/c1-9-4-3-5(10(2)7)8-6(9)11/h3-4H,1-2H3. The van der Waals surface area contributed by atoms with Crippen LogP contribution in [0, 0.1) is 0 Å². The first-order chi connectivity index (χ1) is 5.11. The lowest BCUT2D eigenvalue weighted by molar-refractivity contribution is 0.809. The first-order valence-corrected chi connectivity index (χ1v) is 3.38. The molecule has 1 aromatic rings. The molecule has 0 unspecified atom stereocenters. The van der Waals surface area contributed by atoms with E-state index in [1.165, 1.54) is 8.99 Å². The zero-order valence-electron chi connectivity index (χ0n) is 6.28. The second-order valence-electron chi connectivity index (χ2n) is 2.16. The van der Waals surface area contributed by atoms with Crippen molar-refractivity contribution in [2.45, 2.75) is 0 Å². The highest BCUT2D eigenvalue weighted by atomic mass is 35.5. The Labute approximate surface area is 69.1 Å². The van der Waals surface area contributed by atoms with Crippen molar-refractivity contribution in [3.05, 3.63) is 22.7 Å². The van der Waals surface area contributed by atoms with Crippen molar-refractivity contribution in [3.63, 3.8) is 0 Å². The van der Waals surface area contributed by atoms with Crippen LogP contribution >= 0.6 is 11.8 Å². The van der Waals surface area contributed by atoms with Gasteiger partial charge in [-0.05, 0) is 6.07 Å². The quantitative estimate of drug-likeness (QED) is 0.576. The van der Waals surface area contributed by atoms with Crippen molar-refractivity contribution in [1.29, 1.82) is 0 Å². The van der Waals surface area contributed by atoms with Crippen molar-refractivity contribution < 1.29 is 0 Å². The van der Waals surface area contributed by atoms with Crippen molar-refractivity contribution in [2.75, 3.05) is 11.5 Å². The zero-order chi connectivity index (χ0) is 8.43. The molecule has 0 aliphatic carbocycles. The lowest BCUT2D eigenvalue weighted by atomic mass is 10.6. The number of rotatable bonds is 1. The van der Waals surface area contributed by atoms with Gasteiger partial charge in [0.05, 0.1) is 0 Å².